The van der Waals surface area contributed by atoms with E-state index in [1.165, 1.54) is 5.56 Å². The third-order valence-corrected chi connectivity index (χ3v) is 5.81. The Bertz CT molecular complexity index is 1230. The Balaban J connectivity index is 1.43. The number of para-hydroxylation sites is 3. The SMILES string of the molecule is c1ccc(CSc2nnc3n(CCOc4ccccc4)c4ccccc4n23)cc1. The van der Waals surface area contributed by atoms with Crippen LogP contribution in [0.2, 0.25) is 0 Å². The molecule has 0 radical (unpaired) electrons. The zero-order valence-electron chi connectivity index (χ0n) is 15.8. The molecule has 5 aromatic rings. The highest BCUT2D eigenvalue weighted by molar-refractivity contribution is 7.98. The van der Waals surface area contributed by atoms with Crippen LogP contribution < -0.4 is 4.74 Å². The number of rotatable bonds is 7. The second-order valence-electron chi connectivity index (χ2n) is 6.69. The van der Waals surface area contributed by atoms with E-state index in [2.05, 4.69) is 67.7 Å². The minimum absolute atomic E-state index is 0.567. The average Bonchev–Trinajstić information content (AvgIpc) is 3.33. The summed E-state index contributed by atoms with van der Waals surface area (Å²) in [6.07, 6.45) is 0. The summed E-state index contributed by atoms with van der Waals surface area (Å²) >= 11 is 1.70. The van der Waals surface area contributed by atoms with Crippen LogP contribution in [0.5, 0.6) is 5.75 Å². The lowest BCUT2D eigenvalue weighted by Crippen LogP contribution is -2.08. The number of thioether (sulfide) groups is 1. The number of imidazole rings is 1. The monoisotopic (exact) mass is 400 g/mol. The normalized spacial score (nSPS) is 11.3. The zero-order valence-corrected chi connectivity index (χ0v) is 16.6. The highest BCUT2D eigenvalue weighted by Crippen LogP contribution is 2.27. The van der Waals surface area contributed by atoms with Crippen LogP contribution in [0.15, 0.2) is 90.1 Å². The largest absolute Gasteiger partial charge is 0.492 e. The molecular formula is C23H20N4OS. The fourth-order valence-electron chi connectivity index (χ4n) is 3.44. The van der Waals surface area contributed by atoms with Gasteiger partial charge >= 0.3 is 0 Å². The van der Waals surface area contributed by atoms with Gasteiger partial charge in [-0.25, -0.2) is 0 Å². The molecule has 144 valence electrons. The number of aromatic nitrogens is 4. The number of hydrogen-bond acceptors (Lipinski definition) is 4. The Morgan fingerprint density at radius 3 is 2.24 bits per heavy atom. The Hall–Kier alpha value is -3.25. The van der Waals surface area contributed by atoms with Gasteiger partial charge in [-0.05, 0) is 29.8 Å². The summed E-state index contributed by atoms with van der Waals surface area (Å²) in [5.74, 6) is 2.58. The first kappa shape index (κ1) is 17.8. The standard InChI is InChI=1S/C23H20N4OS/c1-3-9-18(10-4-1)17-29-23-25-24-22-26(15-16-28-19-11-5-2-6-12-19)20-13-7-8-14-21(20)27(22)23/h1-14H,15-17H2. The molecule has 5 rings (SSSR count). The van der Waals surface area contributed by atoms with Crippen molar-refractivity contribution in [1.82, 2.24) is 19.2 Å². The Labute approximate surface area is 173 Å². The predicted octanol–water partition coefficient (Wildman–Crippen LogP) is 5.06. The number of benzene rings is 3. The Kier molecular flexibility index (Phi) is 4.92. The molecule has 29 heavy (non-hydrogen) atoms. The Morgan fingerprint density at radius 2 is 1.45 bits per heavy atom. The highest BCUT2D eigenvalue weighted by Gasteiger charge is 2.17. The van der Waals surface area contributed by atoms with E-state index in [0.717, 1.165) is 33.5 Å². The van der Waals surface area contributed by atoms with Crippen molar-refractivity contribution in [2.75, 3.05) is 6.61 Å². The van der Waals surface area contributed by atoms with Crippen LogP contribution in [0.3, 0.4) is 0 Å². The molecule has 2 heterocycles. The molecular weight excluding hydrogens is 380 g/mol. The smallest absolute Gasteiger partial charge is 0.237 e. The maximum absolute atomic E-state index is 5.91. The van der Waals surface area contributed by atoms with Gasteiger partial charge in [0.15, 0.2) is 5.16 Å². The van der Waals surface area contributed by atoms with Crippen LogP contribution in [-0.2, 0) is 12.3 Å². The van der Waals surface area contributed by atoms with E-state index in [4.69, 9.17) is 4.74 Å². The van der Waals surface area contributed by atoms with Gasteiger partial charge < -0.3 is 9.30 Å². The number of hydrogen-bond donors (Lipinski definition) is 0. The molecule has 0 unspecified atom stereocenters. The number of fused-ring (bicyclic) bond motifs is 3. The van der Waals surface area contributed by atoms with Gasteiger partial charge in [0.1, 0.15) is 12.4 Å². The molecule has 0 atom stereocenters. The van der Waals surface area contributed by atoms with Crippen molar-refractivity contribution in [1.29, 1.82) is 0 Å². The van der Waals surface area contributed by atoms with Crippen molar-refractivity contribution < 1.29 is 4.74 Å². The first-order chi connectivity index (χ1) is 14.4. The van der Waals surface area contributed by atoms with Gasteiger partial charge in [0.2, 0.25) is 5.78 Å². The van der Waals surface area contributed by atoms with E-state index < -0.39 is 0 Å². The summed E-state index contributed by atoms with van der Waals surface area (Å²) in [6, 6.07) is 28.7. The van der Waals surface area contributed by atoms with Crippen molar-refractivity contribution >= 4 is 28.6 Å². The summed E-state index contributed by atoms with van der Waals surface area (Å²) in [4.78, 5) is 0. The zero-order chi connectivity index (χ0) is 19.5. The van der Waals surface area contributed by atoms with E-state index in [1.54, 1.807) is 11.8 Å². The highest BCUT2D eigenvalue weighted by atomic mass is 32.2. The average molecular weight is 401 g/mol. The van der Waals surface area contributed by atoms with Gasteiger partial charge in [0.05, 0.1) is 17.6 Å². The fraction of sp³-hybridized carbons (Fsp3) is 0.130. The first-order valence-corrected chi connectivity index (χ1v) is 10.6. The summed E-state index contributed by atoms with van der Waals surface area (Å²) in [6.45, 7) is 1.27. The minimum Gasteiger partial charge on any atom is -0.492 e. The number of ether oxygens (including phenoxy) is 1. The quantitative estimate of drug-likeness (QED) is 0.358. The lowest BCUT2D eigenvalue weighted by Gasteiger charge is -2.07. The Morgan fingerprint density at radius 1 is 0.759 bits per heavy atom. The van der Waals surface area contributed by atoms with Gasteiger partial charge in [-0.15, -0.1) is 10.2 Å². The molecule has 0 saturated carbocycles. The van der Waals surface area contributed by atoms with Crippen molar-refractivity contribution in [3.05, 3.63) is 90.5 Å². The summed E-state index contributed by atoms with van der Waals surface area (Å²) in [5.41, 5.74) is 3.52. The lowest BCUT2D eigenvalue weighted by atomic mass is 10.2. The third kappa shape index (κ3) is 3.59. The topological polar surface area (TPSA) is 44.3 Å². The van der Waals surface area contributed by atoms with Gasteiger partial charge in [-0.2, -0.15) is 0 Å². The summed E-state index contributed by atoms with van der Waals surface area (Å²) < 4.78 is 10.2. The van der Waals surface area contributed by atoms with Crippen molar-refractivity contribution in [3.8, 4) is 5.75 Å². The first-order valence-electron chi connectivity index (χ1n) is 9.57. The van der Waals surface area contributed by atoms with Crippen LogP contribution in [0, 0.1) is 0 Å². The van der Waals surface area contributed by atoms with E-state index in [9.17, 15) is 0 Å². The molecule has 0 bridgehead atoms. The maximum Gasteiger partial charge on any atom is 0.237 e. The van der Waals surface area contributed by atoms with Gasteiger partial charge in [0, 0.05) is 5.75 Å². The lowest BCUT2D eigenvalue weighted by molar-refractivity contribution is 0.301. The molecule has 0 aliphatic rings. The predicted molar refractivity (Wildman–Crippen MR) is 116 cm³/mol. The van der Waals surface area contributed by atoms with Gasteiger partial charge in [-0.1, -0.05) is 72.4 Å². The fourth-order valence-corrected chi connectivity index (χ4v) is 4.34. The van der Waals surface area contributed by atoms with Crippen molar-refractivity contribution in [2.24, 2.45) is 0 Å². The number of nitrogens with zero attached hydrogens (tertiary/aromatic N) is 4. The van der Waals surface area contributed by atoms with Crippen LogP contribution in [-0.4, -0.2) is 25.8 Å². The maximum atomic E-state index is 5.91. The molecule has 6 heteroatoms. The summed E-state index contributed by atoms with van der Waals surface area (Å²) in [7, 11) is 0. The van der Waals surface area contributed by atoms with E-state index in [-0.39, 0.29) is 0 Å². The van der Waals surface area contributed by atoms with Gasteiger partial charge in [-0.3, -0.25) is 4.40 Å². The molecule has 0 aliphatic carbocycles. The third-order valence-electron chi connectivity index (χ3n) is 4.81. The van der Waals surface area contributed by atoms with Crippen molar-refractivity contribution in [2.45, 2.75) is 17.5 Å². The van der Waals surface area contributed by atoms with Gasteiger partial charge in [0.25, 0.3) is 0 Å². The van der Waals surface area contributed by atoms with Crippen LogP contribution >= 0.6 is 11.8 Å². The molecule has 0 spiro atoms. The van der Waals surface area contributed by atoms with Crippen LogP contribution in [0.25, 0.3) is 16.8 Å². The van der Waals surface area contributed by atoms with Crippen LogP contribution in [0.1, 0.15) is 5.56 Å². The molecule has 5 nitrogen and oxygen atoms in total. The molecule has 0 aliphatic heterocycles. The van der Waals surface area contributed by atoms with E-state index in [1.807, 2.05) is 36.4 Å². The second kappa shape index (κ2) is 8.01. The summed E-state index contributed by atoms with van der Waals surface area (Å²) in [5, 5.41) is 9.86. The molecule has 2 aromatic heterocycles. The minimum atomic E-state index is 0.567. The molecule has 0 fully saturated rings. The van der Waals surface area contributed by atoms with Crippen LogP contribution in [0.4, 0.5) is 0 Å². The molecule has 0 amide bonds. The molecule has 0 saturated heterocycles. The van der Waals surface area contributed by atoms with E-state index >= 15 is 0 Å². The molecule has 0 N–H and O–H groups in total. The molecule has 3 aromatic carbocycles. The van der Waals surface area contributed by atoms with E-state index in [0.29, 0.717) is 13.2 Å². The van der Waals surface area contributed by atoms with Crippen molar-refractivity contribution in [3.63, 3.8) is 0 Å². The second-order valence-corrected chi connectivity index (χ2v) is 7.64.